The topological polar surface area (TPSA) is 66.2 Å². The Kier molecular flexibility index (Phi) is 2.88. The van der Waals surface area contributed by atoms with Gasteiger partial charge >= 0.3 is 0 Å². The molecule has 1 aromatic heterocycles. The van der Waals surface area contributed by atoms with E-state index in [1.165, 1.54) is 0 Å². The Morgan fingerprint density at radius 3 is 2.84 bits per heavy atom. The predicted molar refractivity (Wildman–Crippen MR) is 73.5 cm³/mol. The summed E-state index contributed by atoms with van der Waals surface area (Å²) in [5, 5.41) is 9.26. The van der Waals surface area contributed by atoms with Crippen molar-refractivity contribution >= 4 is 11.4 Å². The van der Waals surface area contributed by atoms with Crippen LogP contribution in [0.5, 0.6) is 0 Å². The molecule has 2 aromatic rings. The Hall–Kier alpha value is -2.41. The van der Waals surface area contributed by atoms with Crippen molar-refractivity contribution in [2.75, 3.05) is 10.6 Å². The summed E-state index contributed by atoms with van der Waals surface area (Å²) in [7, 11) is 0. The Labute approximate surface area is 112 Å². The second kappa shape index (κ2) is 4.69. The highest BCUT2D eigenvalue weighted by molar-refractivity contribution is 5.65. The maximum atomic E-state index is 9.26. The molecule has 2 N–H and O–H groups in total. The molecule has 96 valence electrons. The van der Waals surface area contributed by atoms with E-state index >= 15 is 0 Å². The fourth-order valence-electron chi connectivity index (χ4n) is 2.26. The summed E-state index contributed by atoms with van der Waals surface area (Å²) >= 11 is 0. The summed E-state index contributed by atoms with van der Waals surface area (Å²) in [6, 6.07) is 12.1. The number of furan rings is 1. The molecule has 1 aromatic carbocycles. The van der Waals surface area contributed by atoms with Crippen LogP contribution in [0.2, 0.25) is 0 Å². The van der Waals surface area contributed by atoms with Gasteiger partial charge < -0.3 is 15.1 Å². The van der Waals surface area contributed by atoms with Gasteiger partial charge in [-0.2, -0.15) is 5.26 Å². The van der Waals surface area contributed by atoms with E-state index in [4.69, 9.17) is 10.2 Å². The largest absolute Gasteiger partial charge is 0.467 e. The zero-order valence-electron chi connectivity index (χ0n) is 10.5. The van der Waals surface area contributed by atoms with Gasteiger partial charge in [-0.3, -0.25) is 0 Å². The lowest BCUT2D eigenvalue weighted by Gasteiger charge is -2.24. The second-order valence-corrected chi connectivity index (χ2v) is 4.83. The van der Waals surface area contributed by atoms with Crippen molar-refractivity contribution in [2.24, 2.45) is 0 Å². The van der Waals surface area contributed by atoms with E-state index in [2.05, 4.69) is 11.0 Å². The van der Waals surface area contributed by atoms with Crippen LogP contribution >= 0.6 is 0 Å². The predicted octanol–water partition coefficient (Wildman–Crippen LogP) is 2.90. The lowest BCUT2D eigenvalue weighted by atomic mass is 10.1. The summed E-state index contributed by atoms with van der Waals surface area (Å²) in [5.41, 5.74) is 7.93. The van der Waals surface area contributed by atoms with Crippen molar-refractivity contribution < 1.29 is 4.42 Å². The van der Waals surface area contributed by atoms with Crippen LogP contribution in [0.4, 0.5) is 11.4 Å². The van der Waals surface area contributed by atoms with Crippen LogP contribution in [-0.4, -0.2) is 6.04 Å². The zero-order chi connectivity index (χ0) is 13.2. The standard InChI is InChI=1S/C15H15N3O/c16-9-11-8-12(17)3-6-15(11)18(13-4-5-13)10-14-2-1-7-19-14/h1-3,6-8,13H,4-5,10,17H2. The third-order valence-corrected chi connectivity index (χ3v) is 3.34. The molecule has 0 aliphatic heterocycles. The summed E-state index contributed by atoms with van der Waals surface area (Å²) in [4.78, 5) is 2.23. The van der Waals surface area contributed by atoms with Crippen molar-refractivity contribution in [3.05, 3.63) is 47.9 Å². The van der Waals surface area contributed by atoms with Gasteiger partial charge in [0.2, 0.25) is 0 Å². The molecular formula is C15H15N3O. The van der Waals surface area contributed by atoms with E-state index in [1.54, 1.807) is 12.3 Å². The first-order valence-corrected chi connectivity index (χ1v) is 6.36. The molecule has 1 saturated carbocycles. The molecule has 0 saturated heterocycles. The first kappa shape index (κ1) is 11.7. The summed E-state index contributed by atoms with van der Waals surface area (Å²) in [5.74, 6) is 0.910. The molecule has 1 aliphatic rings. The van der Waals surface area contributed by atoms with Gasteiger partial charge in [-0.15, -0.1) is 0 Å². The third kappa shape index (κ3) is 2.41. The molecule has 0 bridgehead atoms. The zero-order valence-corrected chi connectivity index (χ0v) is 10.5. The number of anilines is 2. The number of rotatable bonds is 4. The minimum Gasteiger partial charge on any atom is -0.467 e. The Morgan fingerprint density at radius 1 is 1.37 bits per heavy atom. The summed E-state index contributed by atoms with van der Waals surface area (Å²) < 4.78 is 5.41. The minimum absolute atomic E-state index is 0.501. The van der Waals surface area contributed by atoms with Gasteiger partial charge in [0, 0.05) is 11.7 Å². The molecule has 0 unspecified atom stereocenters. The van der Waals surface area contributed by atoms with E-state index in [0.29, 0.717) is 23.8 Å². The van der Waals surface area contributed by atoms with Gasteiger partial charge in [0.1, 0.15) is 11.8 Å². The van der Waals surface area contributed by atoms with Crippen LogP contribution in [0.3, 0.4) is 0 Å². The molecule has 4 heteroatoms. The molecule has 19 heavy (non-hydrogen) atoms. The monoisotopic (exact) mass is 253 g/mol. The Bertz CT molecular complexity index is 609. The third-order valence-electron chi connectivity index (χ3n) is 3.34. The molecule has 1 heterocycles. The van der Waals surface area contributed by atoms with Gasteiger partial charge in [-0.25, -0.2) is 0 Å². The van der Waals surface area contributed by atoms with Crippen molar-refractivity contribution in [1.29, 1.82) is 5.26 Å². The van der Waals surface area contributed by atoms with Crippen molar-refractivity contribution in [3.8, 4) is 6.07 Å². The summed E-state index contributed by atoms with van der Waals surface area (Å²) in [6.45, 7) is 0.691. The number of nitrogens with two attached hydrogens (primary N) is 1. The molecule has 1 fully saturated rings. The van der Waals surface area contributed by atoms with Crippen LogP contribution in [0.25, 0.3) is 0 Å². The van der Waals surface area contributed by atoms with Gasteiger partial charge in [-0.1, -0.05) is 0 Å². The van der Waals surface area contributed by atoms with Crippen molar-refractivity contribution in [2.45, 2.75) is 25.4 Å². The molecule has 3 rings (SSSR count). The maximum Gasteiger partial charge on any atom is 0.123 e. The van der Waals surface area contributed by atoms with Crippen LogP contribution in [0.15, 0.2) is 41.0 Å². The van der Waals surface area contributed by atoms with E-state index in [0.717, 1.165) is 24.3 Å². The maximum absolute atomic E-state index is 9.26. The fraction of sp³-hybridized carbons (Fsp3) is 0.267. The molecular weight excluding hydrogens is 238 g/mol. The number of nitrogens with zero attached hydrogens (tertiary/aromatic N) is 2. The molecule has 0 spiro atoms. The van der Waals surface area contributed by atoms with Gasteiger partial charge in [-0.05, 0) is 43.2 Å². The first-order chi connectivity index (χ1) is 9.28. The Morgan fingerprint density at radius 2 is 2.21 bits per heavy atom. The van der Waals surface area contributed by atoms with Crippen LogP contribution in [-0.2, 0) is 6.54 Å². The van der Waals surface area contributed by atoms with E-state index < -0.39 is 0 Å². The number of hydrogen-bond acceptors (Lipinski definition) is 4. The Balaban J connectivity index is 1.94. The molecule has 4 nitrogen and oxygen atoms in total. The molecule has 0 amide bonds. The van der Waals surface area contributed by atoms with E-state index in [1.807, 2.05) is 24.3 Å². The van der Waals surface area contributed by atoms with Crippen LogP contribution in [0, 0.1) is 11.3 Å². The quantitative estimate of drug-likeness (QED) is 0.851. The van der Waals surface area contributed by atoms with E-state index in [-0.39, 0.29) is 0 Å². The van der Waals surface area contributed by atoms with Gasteiger partial charge in [0.25, 0.3) is 0 Å². The fourth-order valence-corrected chi connectivity index (χ4v) is 2.26. The second-order valence-electron chi connectivity index (χ2n) is 4.83. The molecule has 1 aliphatic carbocycles. The SMILES string of the molecule is N#Cc1cc(N)ccc1N(Cc1ccco1)C1CC1. The number of benzene rings is 1. The van der Waals surface area contributed by atoms with Gasteiger partial charge in [0.05, 0.1) is 24.1 Å². The average molecular weight is 253 g/mol. The van der Waals surface area contributed by atoms with Gasteiger partial charge in [0.15, 0.2) is 0 Å². The number of nitrogen functional groups attached to an aromatic ring is 1. The van der Waals surface area contributed by atoms with Crippen LogP contribution < -0.4 is 10.6 Å². The number of hydrogen-bond donors (Lipinski definition) is 1. The average Bonchev–Trinajstić information content (AvgIpc) is 3.13. The first-order valence-electron chi connectivity index (χ1n) is 6.36. The smallest absolute Gasteiger partial charge is 0.123 e. The number of nitriles is 1. The van der Waals surface area contributed by atoms with Crippen molar-refractivity contribution in [1.82, 2.24) is 0 Å². The summed E-state index contributed by atoms with van der Waals surface area (Å²) in [6.07, 6.45) is 4.00. The lowest BCUT2D eigenvalue weighted by molar-refractivity contribution is 0.501. The normalized spacial score (nSPS) is 14.1. The van der Waals surface area contributed by atoms with Crippen LogP contribution in [0.1, 0.15) is 24.2 Å². The lowest BCUT2D eigenvalue weighted by Crippen LogP contribution is -2.25. The highest BCUT2D eigenvalue weighted by Gasteiger charge is 2.31. The van der Waals surface area contributed by atoms with E-state index in [9.17, 15) is 5.26 Å². The molecule has 0 atom stereocenters. The van der Waals surface area contributed by atoms with Crippen molar-refractivity contribution in [3.63, 3.8) is 0 Å². The minimum atomic E-state index is 0.501. The highest BCUT2D eigenvalue weighted by atomic mass is 16.3. The molecule has 0 radical (unpaired) electrons. The highest BCUT2D eigenvalue weighted by Crippen LogP contribution is 2.35.